The number of halogens is 1. The molecule has 0 aromatic heterocycles. The van der Waals surface area contributed by atoms with Gasteiger partial charge in [0.05, 0.1) is 4.92 Å². The third-order valence-electron chi connectivity index (χ3n) is 3.39. The fraction of sp³-hybridized carbons (Fsp3) is 0.385. The number of likely N-dealkylation sites (tertiary alicyclic amines) is 1. The van der Waals surface area contributed by atoms with Gasteiger partial charge in [0.25, 0.3) is 11.6 Å². The monoisotopic (exact) mass is 312 g/mol. The van der Waals surface area contributed by atoms with Crippen LogP contribution in [-0.4, -0.2) is 39.4 Å². The minimum atomic E-state index is -1.07. The Balaban J connectivity index is 2.34. The number of nitro benzene ring substituents is 1. The van der Waals surface area contributed by atoms with E-state index >= 15 is 0 Å². The third-order valence-corrected chi connectivity index (χ3v) is 3.61. The van der Waals surface area contributed by atoms with Crippen LogP contribution in [0.15, 0.2) is 18.2 Å². The van der Waals surface area contributed by atoms with Crippen molar-refractivity contribution in [1.29, 1.82) is 0 Å². The number of hydrogen-bond donors (Lipinski definition) is 1. The van der Waals surface area contributed by atoms with E-state index in [9.17, 15) is 24.8 Å². The van der Waals surface area contributed by atoms with Crippen molar-refractivity contribution in [2.75, 3.05) is 6.54 Å². The molecule has 1 saturated heterocycles. The molecule has 1 aliphatic heterocycles. The molecule has 1 amide bonds. The molecular formula is C13H13ClN2O5. The molecule has 112 valence electrons. The van der Waals surface area contributed by atoms with Gasteiger partial charge in [-0.3, -0.25) is 14.9 Å². The van der Waals surface area contributed by atoms with Crippen molar-refractivity contribution < 1.29 is 19.6 Å². The molecule has 0 spiro atoms. The number of benzene rings is 1. The predicted molar refractivity (Wildman–Crippen MR) is 74.4 cm³/mol. The summed E-state index contributed by atoms with van der Waals surface area (Å²) < 4.78 is 0. The summed E-state index contributed by atoms with van der Waals surface area (Å²) in [5.74, 6) is -1.62. The molecule has 8 heteroatoms. The first-order chi connectivity index (χ1) is 9.90. The average Bonchev–Trinajstić information content (AvgIpc) is 2.45. The number of hydrogen-bond acceptors (Lipinski definition) is 4. The predicted octanol–water partition coefficient (Wildman–Crippen LogP) is 2.33. The lowest BCUT2D eigenvalue weighted by atomic mass is 10.0. The minimum Gasteiger partial charge on any atom is -0.480 e. The van der Waals surface area contributed by atoms with E-state index in [1.165, 1.54) is 11.0 Å². The fourth-order valence-electron chi connectivity index (χ4n) is 2.40. The van der Waals surface area contributed by atoms with Gasteiger partial charge in [-0.05, 0) is 25.3 Å². The maximum atomic E-state index is 12.4. The fourth-order valence-corrected chi connectivity index (χ4v) is 2.63. The summed E-state index contributed by atoms with van der Waals surface area (Å²) in [4.78, 5) is 35.0. The van der Waals surface area contributed by atoms with Crippen molar-refractivity contribution in [2.24, 2.45) is 0 Å². The van der Waals surface area contributed by atoms with Crippen LogP contribution in [0.2, 0.25) is 5.02 Å². The highest BCUT2D eigenvalue weighted by Gasteiger charge is 2.33. The summed E-state index contributed by atoms with van der Waals surface area (Å²) >= 11 is 5.78. The van der Waals surface area contributed by atoms with Crippen LogP contribution in [0.4, 0.5) is 5.69 Å². The minimum absolute atomic E-state index is 0.0300. The summed E-state index contributed by atoms with van der Waals surface area (Å²) in [6.45, 7) is 0.316. The van der Waals surface area contributed by atoms with Gasteiger partial charge in [0.1, 0.15) is 6.04 Å². The Morgan fingerprint density at radius 1 is 1.33 bits per heavy atom. The highest BCUT2D eigenvalue weighted by atomic mass is 35.5. The lowest BCUT2D eigenvalue weighted by Crippen LogP contribution is -2.48. The maximum Gasteiger partial charge on any atom is 0.326 e. The molecule has 1 atom stereocenters. The Hall–Kier alpha value is -2.15. The van der Waals surface area contributed by atoms with Crippen LogP contribution in [0.25, 0.3) is 0 Å². The number of amides is 1. The molecule has 1 aromatic rings. The van der Waals surface area contributed by atoms with Crippen LogP contribution in [0, 0.1) is 10.1 Å². The number of carbonyl (C=O) groups excluding carboxylic acids is 1. The van der Waals surface area contributed by atoms with E-state index < -0.39 is 22.8 Å². The zero-order valence-corrected chi connectivity index (χ0v) is 11.7. The van der Waals surface area contributed by atoms with Gasteiger partial charge in [-0.15, -0.1) is 0 Å². The summed E-state index contributed by atoms with van der Waals surface area (Å²) in [6, 6.07) is 2.67. The van der Waals surface area contributed by atoms with Crippen molar-refractivity contribution in [3.8, 4) is 0 Å². The zero-order valence-electron chi connectivity index (χ0n) is 11.0. The van der Waals surface area contributed by atoms with Crippen LogP contribution in [0.1, 0.15) is 29.6 Å². The van der Waals surface area contributed by atoms with E-state index in [0.717, 1.165) is 18.6 Å². The van der Waals surface area contributed by atoms with Crippen LogP contribution < -0.4 is 0 Å². The molecule has 1 N–H and O–H groups in total. The van der Waals surface area contributed by atoms with E-state index in [1.807, 2.05) is 0 Å². The number of carbonyl (C=O) groups is 2. The highest BCUT2D eigenvalue weighted by Crippen LogP contribution is 2.25. The van der Waals surface area contributed by atoms with Gasteiger partial charge in [0.15, 0.2) is 0 Å². The van der Waals surface area contributed by atoms with Gasteiger partial charge in [-0.2, -0.15) is 0 Å². The van der Waals surface area contributed by atoms with Crippen molar-refractivity contribution in [3.63, 3.8) is 0 Å². The highest BCUT2D eigenvalue weighted by molar-refractivity contribution is 6.31. The standard InChI is InChI=1S/C13H13ClN2O5/c14-9-5-8(6-10(7-9)16(20)21)12(17)15-4-2-1-3-11(15)13(18)19/h5-7,11H,1-4H2,(H,18,19)/t11-/m0/s1. The summed E-state index contributed by atoms with van der Waals surface area (Å²) in [6.07, 6.45) is 1.82. The molecule has 0 radical (unpaired) electrons. The molecule has 7 nitrogen and oxygen atoms in total. The molecule has 1 fully saturated rings. The summed E-state index contributed by atoms with van der Waals surface area (Å²) in [5, 5.41) is 20.0. The molecular weight excluding hydrogens is 300 g/mol. The van der Waals surface area contributed by atoms with Crippen LogP contribution in [0.3, 0.4) is 0 Å². The van der Waals surface area contributed by atoms with Crippen molar-refractivity contribution in [2.45, 2.75) is 25.3 Å². The largest absolute Gasteiger partial charge is 0.480 e. The van der Waals surface area contributed by atoms with Gasteiger partial charge in [0.2, 0.25) is 0 Å². The second kappa shape index (κ2) is 6.09. The third kappa shape index (κ3) is 3.30. The number of piperidine rings is 1. The number of nitro groups is 1. The first-order valence-corrected chi connectivity index (χ1v) is 6.76. The Morgan fingerprint density at radius 2 is 2.05 bits per heavy atom. The topological polar surface area (TPSA) is 101 Å². The van der Waals surface area contributed by atoms with E-state index in [4.69, 9.17) is 11.6 Å². The van der Waals surface area contributed by atoms with E-state index in [0.29, 0.717) is 19.4 Å². The quantitative estimate of drug-likeness (QED) is 0.682. The van der Waals surface area contributed by atoms with Crippen molar-refractivity contribution in [3.05, 3.63) is 38.9 Å². The first kappa shape index (κ1) is 15.2. The van der Waals surface area contributed by atoms with Gasteiger partial charge in [-0.1, -0.05) is 11.6 Å². The number of carboxylic acids is 1. The molecule has 21 heavy (non-hydrogen) atoms. The number of rotatable bonds is 3. The summed E-state index contributed by atoms with van der Waals surface area (Å²) in [7, 11) is 0. The SMILES string of the molecule is O=C(O)[C@@H]1CCCCN1C(=O)c1cc(Cl)cc([N+](=O)[O-])c1. The number of carboxylic acid groups (broad SMARTS) is 1. The molecule has 0 unspecified atom stereocenters. The van der Waals surface area contributed by atoms with E-state index in [-0.39, 0.29) is 16.3 Å². The average molecular weight is 313 g/mol. The Bertz CT molecular complexity index is 604. The molecule has 1 aromatic carbocycles. The Labute approximate surface area is 125 Å². The van der Waals surface area contributed by atoms with Gasteiger partial charge >= 0.3 is 5.97 Å². The second-order valence-corrected chi connectivity index (χ2v) is 5.24. The molecule has 0 aliphatic carbocycles. The molecule has 0 saturated carbocycles. The van der Waals surface area contributed by atoms with Crippen molar-refractivity contribution in [1.82, 2.24) is 4.90 Å². The lowest BCUT2D eigenvalue weighted by molar-refractivity contribution is -0.384. The zero-order chi connectivity index (χ0) is 15.6. The van der Waals surface area contributed by atoms with Gasteiger partial charge in [-0.25, -0.2) is 4.79 Å². The number of non-ortho nitro benzene ring substituents is 1. The van der Waals surface area contributed by atoms with Crippen molar-refractivity contribution >= 4 is 29.2 Å². The van der Waals surface area contributed by atoms with Crippen LogP contribution >= 0.6 is 11.6 Å². The first-order valence-electron chi connectivity index (χ1n) is 6.39. The molecule has 2 rings (SSSR count). The second-order valence-electron chi connectivity index (χ2n) is 4.80. The number of aliphatic carboxylic acids is 1. The smallest absolute Gasteiger partial charge is 0.326 e. The number of nitrogens with zero attached hydrogens (tertiary/aromatic N) is 2. The summed E-state index contributed by atoms with van der Waals surface area (Å²) in [5.41, 5.74) is -0.267. The van der Waals surface area contributed by atoms with E-state index in [1.54, 1.807) is 0 Å². The van der Waals surface area contributed by atoms with Crippen LogP contribution in [0.5, 0.6) is 0 Å². The molecule has 0 bridgehead atoms. The lowest BCUT2D eigenvalue weighted by Gasteiger charge is -2.33. The van der Waals surface area contributed by atoms with Gasteiger partial charge in [0, 0.05) is 29.3 Å². The van der Waals surface area contributed by atoms with Gasteiger partial charge < -0.3 is 10.0 Å². The maximum absolute atomic E-state index is 12.4. The molecule has 1 aliphatic rings. The molecule has 1 heterocycles. The normalized spacial score (nSPS) is 18.3. The van der Waals surface area contributed by atoms with E-state index in [2.05, 4.69) is 0 Å². The Kier molecular flexibility index (Phi) is 4.42. The van der Waals surface area contributed by atoms with Crippen LogP contribution in [-0.2, 0) is 4.79 Å². The Morgan fingerprint density at radius 3 is 2.67 bits per heavy atom.